The van der Waals surface area contributed by atoms with E-state index in [2.05, 4.69) is 50.4 Å². The first kappa shape index (κ1) is 18.8. The SMILES string of the molecule is O=C(COc1ccc2ccccc2c1Br)NCc1ccc(N2CCCC2)cc1. The predicted molar refractivity (Wildman–Crippen MR) is 117 cm³/mol. The largest absolute Gasteiger partial charge is 0.483 e. The molecule has 144 valence electrons. The van der Waals surface area contributed by atoms with Gasteiger partial charge in [0.25, 0.3) is 5.91 Å². The highest BCUT2D eigenvalue weighted by Gasteiger charge is 2.12. The topological polar surface area (TPSA) is 41.6 Å². The number of benzene rings is 3. The molecule has 0 radical (unpaired) electrons. The van der Waals surface area contributed by atoms with Gasteiger partial charge in [-0.25, -0.2) is 0 Å². The van der Waals surface area contributed by atoms with Gasteiger partial charge in [0.1, 0.15) is 5.75 Å². The van der Waals surface area contributed by atoms with E-state index in [1.165, 1.54) is 18.5 Å². The third-order valence-electron chi connectivity index (χ3n) is 5.08. The standard InChI is InChI=1S/C23H23BrN2O2/c24-23-20-6-2-1-5-18(20)9-12-21(23)28-16-22(27)25-15-17-7-10-19(11-8-17)26-13-3-4-14-26/h1-2,5-12H,3-4,13-16H2,(H,25,27). The quantitative estimate of drug-likeness (QED) is 0.594. The average molecular weight is 439 g/mol. The zero-order valence-corrected chi connectivity index (χ0v) is 17.2. The van der Waals surface area contributed by atoms with Crippen molar-refractivity contribution in [2.75, 3.05) is 24.6 Å². The molecule has 3 aromatic carbocycles. The first-order valence-electron chi connectivity index (χ1n) is 9.61. The van der Waals surface area contributed by atoms with Gasteiger partial charge in [-0.15, -0.1) is 0 Å². The summed E-state index contributed by atoms with van der Waals surface area (Å²) in [6, 6.07) is 20.4. The molecular weight excluding hydrogens is 416 g/mol. The molecule has 0 saturated carbocycles. The van der Waals surface area contributed by atoms with Gasteiger partial charge in [-0.3, -0.25) is 4.79 Å². The Morgan fingerprint density at radius 1 is 1.00 bits per heavy atom. The van der Waals surface area contributed by atoms with Crippen molar-refractivity contribution in [3.8, 4) is 5.75 Å². The van der Waals surface area contributed by atoms with E-state index >= 15 is 0 Å². The van der Waals surface area contributed by atoms with Gasteiger partial charge < -0.3 is 15.0 Å². The van der Waals surface area contributed by atoms with Crippen LogP contribution in [0.3, 0.4) is 0 Å². The number of carbonyl (C=O) groups excluding carboxylic acids is 1. The van der Waals surface area contributed by atoms with Gasteiger partial charge in [-0.1, -0.05) is 42.5 Å². The molecule has 28 heavy (non-hydrogen) atoms. The molecule has 0 bridgehead atoms. The third-order valence-corrected chi connectivity index (χ3v) is 5.90. The van der Waals surface area contributed by atoms with Gasteiger partial charge in [0.05, 0.1) is 4.47 Å². The van der Waals surface area contributed by atoms with E-state index in [0.29, 0.717) is 12.3 Å². The molecule has 3 aromatic rings. The molecule has 0 aliphatic carbocycles. The van der Waals surface area contributed by atoms with Crippen molar-refractivity contribution < 1.29 is 9.53 Å². The normalized spacial score (nSPS) is 13.7. The number of hydrogen-bond acceptors (Lipinski definition) is 3. The third kappa shape index (κ3) is 4.30. The maximum absolute atomic E-state index is 12.2. The van der Waals surface area contributed by atoms with Gasteiger partial charge in [-0.2, -0.15) is 0 Å². The van der Waals surface area contributed by atoms with Crippen molar-refractivity contribution in [3.63, 3.8) is 0 Å². The summed E-state index contributed by atoms with van der Waals surface area (Å²) in [7, 11) is 0. The minimum absolute atomic E-state index is 0.0111. The lowest BCUT2D eigenvalue weighted by molar-refractivity contribution is -0.123. The lowest BCUT2D eigenvalue weighted by Gasteiger charge is -2.17. The zero-order chi connectivity index (χ0) is 19.3. The van der Waals surface area contributed by atoms with Crippen LogP contribution in [0.25, 0.3) is 10.8 Å². The fourth-order valence-corrected chi connectivity index (χ4v) is 4.13. The van der Waals surface area contributed by atoms with E-state index in [1.807, 2.05) is 36.4 Å². The van der Waals surface area contributed by atoms with Crippen LogP contribution in [0.4, 0.5) is 5.69 Å². The van der Waals surface area contributed by atoms with E-state index in [1.54, 1.807) is 0 Å². The first-order chi connectivity index (χ1) is 13.7. The van der Waals surface area contributed by atoms with Gasteiger partial charge in [0.15, 0.2) is 6.61 Å². The number of rotatable bonds is 6. The summed E-state index contributed by atoms with van der Waals surface area (Å²) in [5.41, 5.74) is 2.35. The number of anilines is 1. The monoisotopic (exact) mass is 438 g/mol. The average Bonchev–Trinajstić information content (AvgIpc) is 3.27. The molecular formula is C23H23BrN2O2. The molecule has 4 rings (SSSR count). The van der Waals surface area contributed by atoms with Gasteiger partial charge >= 0.3 is 0 Å². The number of nitrogens with one attached hydrogen (secondary N) is 1. The minimum Gasteiger partial charge on any atom is -0.483 e. The lowest BCUT2D eigenvalue weighted by Crippen LogP contribution is -2.28. The molecule has 0 atom stereocenters. The van der Waals surface area contributed by atoms with Crippen LogP contribution in [0.1, 0.15) is 18.4 Å². The highest BCUT2D eigenvalue weighted by molar-refractivity contribution is 9.10. The van der Waals surface area contributed by atoms with E-state index in [-0.39, 0.29) is 12.5 Å². The summed E-state index contributed by atoms with van der Waals surface area (Å²) in [5, 5.41) is 5.12. The second-order valence-corrected chi connectivity index (χ2v) is 7.82. The van der Waals surface area contributed by atoms with Crippen LogP contribution in [-0.4, -0.2) is 25.6 Å². The van der Waals surface area contributed by atoms with Crippen LogP contribution in [0.15, 0.2) is 65.1 Å². The number of halogens is 1. The zero-order valence-electron chi connectivity index (χ0n) is 15.7. The van der Waals surface area contributed by atoms with Crippen molar-refractivity contribution in [1.29, 1.82) is 0 Å². The molecule has 0 aromatic heterocycles. The van der Waals surface area contributed by atoms with Crippen LogP contribution >= 0.6 is 15.9 Å². The summed E-state index contributed by atoms with van der Waals surface area (Å²) >= 11 is 3.58. The van der Waals surface area contributed by atoms with Crippen molar-refractivity contribution in [2.24, 2.45) is 0 Å². The van der Waals surface area contributed by atoms with Crippen LogP contribution in [0.5, 0.6) is 5.75 Å². The predicted octanol–water partition coefficient (Wildman–Crippen LogP) is 4.90. The molecule has 1 N–H and O–H groups in total. The van der Waals surface area contributed by atoms with E-state index in [4.69, 9.17) is 4.74 Å². The van der Waals surface area contributed by atoms with Crippen molar-refractivity contribution in [1.82, 2.24) is 5.32 Å². The molecule has 5 heteroatoms. The molecule has 1 amide bonds. The Morgan fingerprint density at radius 3 is 2.54 bits per heavy atom. The number of carbonyl (C=O) groups is 1. The Hall–Kier alpha value is -2.53. The highest BCUT2D eigenvalue weighted by atomic mass is 79.9. The second-order valence-electron chi connectivity index (χ2n) is 7.02. The molecule has 1 aliphatic rings. The Morgan fingerprint density at radius 2 is 1.75 bits per heavy atom. The van der Waals surface area contributed by atoms with E-state index in [0.717, 1.165) is 33.9 Å². The Balaban J connectivity index is 1.29. The number of fused-ring (bicyclic) bond motifs is 1. The summed E-state index contributed by atoms with van der Waals surface area (Å²) < 4.78 is 6.59. The fourth-order valence-electron chi connectivity index (χ4n) is 3.52. The van der Waals surface area contributed by atoms with Crippen LogP contribution in [-0.2, 0) is 11.3 Å². The molecule has 1 fully saturated rings. The van der Waals surface area contributed by atoms with Crippen LogP contribution < -0.4 is 15.0 Å². The Labute approximate surface area is 173 Å². The van der Waals surface area contributed by atoms with Crippen molar-refractivity contribution in [2.45, 2.75) is 19.4 Å². The molecule has 1 aliphatic heterocycles. The van der Waals surface area contributed by atoms with E-state index in [9.17, 15) is 4.79 Å². The van der Waals surface area contributed by atoms with Gasteiger partial charge in [0, 0.05) is 25.3 Å². The molecule has 1 heterocycles. The minimum atomic E-state index is -0.135. The number of hydrogen-bond donors (Lipinski definition) is 1. The van der Waals surface area contributed by atoms with Crippen molar-refractivity contribution in [3.05, 3.63) is 70.7 Å². The van der Waals surface area contributed by atoms with Crippen LogP contribution in [0.2, 0.25) is 0 Å². The lowest BCUT2D eigenvalue weighted by atomic mass is 10.1. The summed E-state index contributed by atoms with van der Waals surface area (Å²) in [5.74, 6) is 0.535. The van der Waals surface area contributed by atoms with Crippen molar-refractivity contribution >= 4 is 38.3 Å². The molecule has 0 unspecified atom stereocenters. The second kappa shape index (κ2) is 8.65. The summed E-state index contributed by atoms with van der Waals surface area (Å²) in [6.07, 6.45) is 2.54. The Bertz CT molecular complexity index is 966. The molecule has 0 spiro atoms. The van der Waals surface area contributed by atoms with E-state index < -0.39 is 0 Å². The van der Waals surface area contributed by atoms with Crippen LogP contribution in [0, 0.1) is 0 Å². The molecule has 1 saturated heterocycles. The number of nitrogens with zero attached hydrogens (tertiary/aromatic N) is 1. The first-order valence-corrected chi connectivity index (χ1v) is 10.4. The fraction of sp³-hybridized carbons (Fsp3) is 0.261. The highest BCUT2D eigenvalue weighted by Crippen LogP contribution is 2.32. The maximum atomic E-state index is 12.2. The summed E-state index contributed by atoms with van der Waals surface area (Å²) in [4.78, 5) is 14.6. The number of amides is 1. The molecule has 4 nitrogen and oxygen atoms in total. The Kier molecular flexibility index (Phi) is 5.81. The smallest absolute Gasteiger partial charge is 0.258 e. The van der Waals surface area contributed by atoms with Gasteiger partial charge in [-0.05, 0) is 63.3 Å². The summed E-state index contributed by atoms with van der Waals surface area (Å²) in [6.45, 7) is 2.76. The van der Waals surface area contributed by atoms with Gasteiger partial charge in [0.2, 0.25) is 0 Å². The maximum Gasteiger partial charge on any atom is 0.258 e. The number of ether oxygens (including phenoxy) is 1.